The van der Waals surface area contributed by atoms with Gasteiger partial charge in [0.2, 0.25) is 0 Å². The van der Waals surface area contributed by atoms with Crippen LogP contribution in [0.15, 0.2) is 24.3 Å². The SMILES string of the molecule is COc1ccc(C2(C(=O)O)CC(CN)C2)cc1. The first-order chi connectivity index (χ1) is 8.12. The summed E-state index contributed by atoms with van der Waals surface area (Å²) in [5.74, 6) is 0.310. The Morgan fingerprint density at radius 2 is 2.06 bits per heavy atom. The van der Waals surface area contributed by atoms with Gasteiger partial charge in [0.15, 0.2) is 0 Å². The second kappa shape index (κ2) is 4.37. The maximum absolute atomic E-state index is 11.4. The summed E-state index contributed by atoms with van der Waals surface area (Å²) in [4.78, 5) is 11.4. The van der Waals surface area contributed by atoms with E-state index in [4.69, 9.17) is 10.5 Å². The molecule has 17 heavy (non-hydrogen) atoms. The lowest BCUT2D eigenvalue weighted by Crippen LogP contribution is -2.49. The van der Waals surface area contributed by atoms with Gasteiger partial charge in [-0.2, -0.15) is 0 Å². The van der Waals surface area contributed by atoms with E-state index in [1.54, 1.807) is 19.2 Å². The van der Waals surface area contributed by atoms with E-state index in [1.165, 1.54) is 0 Å². The molecular formula is C13H17NO3. The van der Waals surface area contributed by atoms with E-state index < -0.39 is 11.4 Å². The standard InChI is InChI=1S/C13H17NO3/c1-17-11-4-2-10(3-5-11)13(12(15)16)6-9(7-13)8-14/h2-5,9H,6-8,14H2,1H3,(H,15,16). The Morgan fingerprint density at radius 3 is 2.47 bits per heavy atom. The predicted octanol–water partition coefficient (Wildman–Crippen LogP) is 1.39. The quantitative estimate of drug-likeness (QED) is 0.827. The van der Waals surface area contributed by atoms with Crippen LogP contribution < -0.4 is 10.5 Å². The third kappa shape index (κ3) is 1.89. The average molecular weight is 235 g/mol. The van der Waals surface area contributed by atoms with Crippen molar-refractivity contribution in [3.63, 3.8) is 0 Å². The van der Waals surface area contributed by atoms with E-state index in [9.17, 15) is 9.90 Å². The minimum Gasteiger partial charge on any atom is -0.497 e. The molecule has 3 N–H and O–H groups in total. The topological polar surface area (TPSA) is 72.5 Å². The molecule has 4 nitrogen and oxygen atoms in total. The Morgan fingerprint density at radius 1 is 1.47 bits per heavy atom. The highest BCUT2D eigenvalue weighted by molar-refractivity contribution is 5.82. The maximum Gasteiger partial charge on any atom is 0.314 e. The number of carboxylic acid groups (broad SMARTS) is 1. The van der Waals surface area contributed by atoms with Crippen molar-refractivity contribution in [2.45, 2.75) is 18.3 Å². The summed E-state index contributed by atoms with van der Waals surface area (Å²) in [7, 11) is 1.59. The fourth-order valence-corrected chi connectivity index (χ4v) is 2.54. The van der Waals surface area contributed by atoms with Crippen LogP contribution in [0.2, 0.25) is 0 Å². The minimum atomic E-state index is -0.757. The van der Waals surface area contributed by atoms with Crippen molar-refractivity contribution in [3.05, 3.63) is 29.8 Å². The van der Waals surface area contributed by atoms with Crippen molar-refractivity contribution in [2.24, 2.45) is 11.7 Å². The van der Waals surface area contributed by atoms with Crippen molar-refractivity contribution in [2.75, 3.05) is 13.7 Å². The van der Waals surface area contributed by atoms with Gasteiger partial charge in [0.25, 0.3) is 0 Å². The van der Waals surface area contributed by atoms with Crippen molar-refractivity contribution < 1.29 is 14.6 Å². The van der Waals surface area contributed by atoms with E-state index >= 15 is 0 Å². The van der Waals surface area contributed by atoms with E-state index in [0.717, 1.165) is 11.3 Å². The third-order valence-electron chi connectivity index (χ3n) is 3.66. The van der Waals surface area contributed by atoms with Crippen LogP contribution in [0, 0.1) is 5.92 Å². The van der Waals surface area contributed by atoms with Crippen molar-refractivity contribution in [1.82, 2.24) is 0 Å². The Balaban J connectivity index is 2.25. The molecule has 1 aliphatic carbocycles. The Labute approximate surface area is 100 Å². The molecule has 1 saturated carbocycles. The average Bonchev–Trinajstić information content (AvgIpc) is 2.28. The Bertz CT molecular complexity index is 407. The Kier molecular flexibility index (Phi) is 3.07. The molecule has 0 radical (unpaired) electrons. The van der Waals surface area contributed by atoms with Gasteiger partial charge in [-0.25, -0.2) is 0 Å². The van der Waals surface area contributed by atoms with Gasteiger partial charge in [0.05, 0.1) is 12.5 Å². The predicted molar refractivity (Wildman–Crippen MR) is 64.1 cm³/mol. The number of aliphatic carboxylic acids is 1. The molecule has 0 bridgehead atoms. The highest BCUT2D eigenvalue weighted by Gasteiger charge is 2.50. The second-order valence-electron chi connectivity index (χ2n) is 4.63. The normalized spacial score (nSPS) is 27.3. The summed E-state index contributed by atoms with van der Waals surface area (Å²) in [6.45, 7) is 0.561. The Hall–Kier alpha value is -1.55. The van der Waals surface area contributed by atoms with Crippen molar-refractivity contribution in [1.29, 1.82) is 0 Å². The first-order valence-electron chi connectivity index (χ1n) is 5.70. The zero-order valence-corrected chi connectivity index (χ0v) is 9.85. The maximum atomic E-state index is 11.4. The van der Waals surface area contributed by atoms with Crippen molar-refractivity contribution >= 4 is 5.97 Å². The molecule has 1 aliphatic rings. The van der Waals surface area contributed by atoms with E-state index in [0.29, 0.717) is 25.3 Å². The minimum absolute atomic E-state index is 0.327. The van der Waals surface area contributed by atoms with Gasteiger partial charge in [-0.05, 0) is 43.0 Å². The first kappa shape index (κ1) is 11.9. The molecule has 0 spiro atoms. The molecule has 0 heterocycles. The summed E-state index contributed by atoms with van der Waals surface area (Å²) < 4.78 is 5.07. The number of carbonyl (C=O) groups is 1. The van der Waals surface area contributed by atoms with Crippen molar-refractivity contribution in [3.8, 4) is 5.75 Å². The lowest BCUT2D eigenvalue weighted by molar-refractivity contribution is -0.149. The number of hydrogen-bond donors (Lipinski definition) is 2. The molecule has 92 valence electrons. The molecule has 0 saturated heterocycles. The summed E-state index contributed by atoms with van der Waals surface area (Å²) >= 11 is 0. The molecule has 2 rings (SSSR count). The number of nitrogens with two attached hydrogens (primary N) is 1. The van der Waals surface area contributed by atoms with Gasteiger partial charge in [-0.15, -0.1) is 0 Å². The summed E-state index contributed by atoms with van der Waals surface area (Å²) in [5, 5.41) is 9.40. The van der Waals surface area contributed by atoms with E-state index in [-0.39, 0.29) is 0 Å². The van der Waals surface area contributed by atoms with Gasteiger partial charge >= 0.3 is 5.97 Å². The lowest BCUT2D eigenvalue weighted by Gasteiger charge is -2.44. The number of benzene rings is 1. The number of ether oxygens (including phenoxy) is 1. The molecule has 0 amide bonds. The van der Waals surface area contributed by atoms with E-state index in [1.807, 2.05) is 12.1 Å². The smallest absolute Gasteiger partial charge is 0.314 e. The fraction of sp³-hybridized carbons (Fsp3) is 0.462. The highest BCUT2D eigenvalue weighted by Crippen LogP contribution is 2.47. The molecule has 1 aromatic rings. The number of methoxy groups -OCH3 is 1. The highest BCUT2D eigenvalue weighted by atomic mass is 16.5. The molecule has 0 aliphatic heterocycles. The fourth-order valence-electron chi connectivity index (χ4n) is 2.54. The van der Waals surface area contributed by atoms with Gasteiger partial charge in [0, 0.05) is 0 Å². The monoisotopic (exact) mass is 235 g/mol. The van der Waals surface area contributed by atoms with Crippen LogP contribution in [0.3, 0.4) is 0 Å². The summed E-state index contributed by atoms with van der Waals surface area (Å²) in [5.41, 5.74) is 5.67. The molecule has 0 aromatic heterocycles. The first-order valence-corrected chi connectivity index (χ1v) is 5.70. The third-order valence-corrected chi connectivity index (χ3v) is 3.66. The van der Waals surface area contributed by atoms with Crippen LogP contribution in [0.1, 0.15) is 18.4 Å². The molecule has 1 aromatic carbocycles. The van der Waals surface area contributed by atoms with Gasteiger partial charge < -0.3 is 15.6 Å². The lowest BCUT2D eigenvalue weighted by atomic mass is 9.58. The number of hydrogen-bond acceptors (Lipinski definition) is 3. The molecule has 0 atom stereocenters. The molecular weight excluding hydrogens is 218 g/mol. The number of rotatable bonds is 4. The summed E-state index contributed by atoms with van der Waals surface area (Å²) in [6.07, 6.45) is 1.26. The van der Waals surface area contributed by atoms with Crippen LogP contribution in [-0.2, 0) is 10.2 Å². The zero-order valence-electron chi connectivity index (χ0n) is 9.85. The van der Waals surface area contributed by atoms with Gasteiger partial charge in [-0.1, -0.05) is 12.1 Å². The second-order valence-corrected chi connectivity index (χ2v) is 4.63. The van der Waals surface area contributed by atoms with Crippen LogP contribution in [0.4, 0.5) is 0 Å². The van der Waals surface area contributed by atoms with E-state index in [2.05, 4.69) is 0 Å². The van der Waals surface area contributed by atoms with Gasteiger partial charge in [0.1, 0.15) is 5.75 Å². The largest absolute Gasteiger partial charge is 0.497 e. The van der Waals surface area contributed by atoms with Crippen LogP contribution in [-0.4, -0.2) is 24.7 Å². The molecule has 1 fully saturated rings. The zero-order chi connectivity index (χ0) is 12.5. The van der Waals surface area contributed by atoms with Crippen LogP contribution in [0.25, 0.3) is 0 Å². The van der Waals surface area contributed by atoms with Crippen LogP contribution >= 0.6 is 0 Å². The summed E-state index contributed by atoms with van der Waals surface area (Å²) in [6, 6.07) is 7.27. The molecule has 4 heteroatoms. The molecule has 0 unspecified atom stereocenters. The number of carboxylic acids is 1. The van der Waals surface area contributed by atoms with Crippen LogP contribution in [0.5, 0.6) is 5.75 Å². The van der Waals surface area contributed by atoms with Gasteiger partial charge in [-0.3, -0.25) is 4.79 Å².